The van der Waals surface area contributed by atoms with Gasteiger partial charge in [0.25, 0.3) is 0 Å². The molecule has 1 aliphatic rings. The Morgan fingerprint density at radius 3 is 2.36 bits per heavy atom. The van der Waals surface area contributed by atoms with Crippen molar-refractivity contribution in [3.63, 3.8) is 0 Å². The van der Waals surface area contributed by atoms with Crippen molar-refractivity contribution in [2.24, 2.45) is 0 Å². The fourth-order valence-corrected chi connectivity index (χ4v) is 6.88. The van der Waals surface area contributed by atoms with E-state index < -0.39 is 30.3 Å². The summed E-state index contributed by atoms with van der Waals surface area (Å²) in [5.41, 5.74) is 3.31. The number of amides is 1. The van der Waals surface area contributed by atoms with Crippen LogP contribution < -0.4 is 10.6 Å². The van der Waals surface area contributed by atoms with Gasteiger partial charge in [0.15, 0.2) is 5.16 Å². The Bertz CT molecular complexity index is 1570. The Balaban J connectivity index is 1.17. The topological polar surface area (TPSA) is 90.0 Å². The molecule has 1 heterocycles. The largest absolute Gasteiger partial charge is 0.405 e. The van der Waals surface area contributed by atoms with Gasteiger partial charge >= 0.3 is 6.18 Å². The van der Waals surface area contributed by atoms with Crippen LogP contribution in [0.5, 0.6) is 0 Å². The molecular formula is C32H31Cl2F3N4O2S. The molecule has 1 atom stereocenters. The number of alkyl halides is 3. The lowest BCUT2D eigenvalue weighted by Gasteiger charge is -2.31. The molecule has 0 aliphatic heterocycles. The summed E-state index contributed by atoms with van der Waals surface area (Å²) in [7, 11) is 0. The molecule has 0 spiro atoms. The van der Waals surface area contributed by atoms with Crippen molar-refractivity contribution in [1.82, 2.24) is 20.6 Å². The number of halogens is 5. The smallest absolute Gasteiger partial charge is 0.373 e. The fraction of sp³-hybridized carbons (Fsp3) is 0.312. The van der Waals surface area contributed by atoms with Crippen LogP contribution in [0.2, 0.25) is 10.0 Å². The first-order valence-electron chi connectivity index (χ1n) is 14.2. The van der Waals surface area contributed by atoms with E-state index in [1.165, 1.54) is 11.8 Å². The zero-order valence-electron chi connectivity index (χ0n) is 23.6. The number of hydrogen-bond donors (Lipinski definition) is 4. The van der Waals surface area contributed by atoms with E-state index in [1.54, 1.807) is 24.4 Å². The Hall–Kier alpha value is -3.02. The normalized spacial score (nSPS) is 14.2. The van der Waals surface area contributed by atoms with Crippen molar-refractivity contribution in [2.75, 3.05) is 12.3 Å². The van der Waals surface area contributed by atoms with Crippen LogP contribution in [0.3, 0.4) is 0 Å². The van der Waals surface area contributed by atoms with Crippen LogP contribution in [0.15, 0.2) is 78.1 Å². The predicted molar refractivity (Wildman–Crippen MR) is 168 cm³/mol. The van der Waals surface area contributed by atoms with Crippen molar-refractivity contribution in [2.45, 2.75) is 55.2 Å². The first-order valence-corrected chi connectivity index (χ1v) is 15.9. The van der Waals surface area contributed by atoms with Gasteiger partial charge in [-0.05, 0) is 58.9 Å². The molecule has 1 aliphatic carbocycles. The molecule has 3 aromatic carbocycles. The van der Waals surface area contributed by atoms with E-state index in [-0.39, 0.29) is 0 Å². The second-order valence-electron chi connectivity index (χ2n) is 10.6. The molecule has 1 aromatic heterocycles. The summed E-state index contributed by atoms with van der Waals surface area (Å²) in [5, 5.41) is 17.5. The number of rotatable bonds is 13. The van der Waals surface area contributed by atoms with Gasteiger partial charge in [-0.3, -0.25) is 10.1 Å². The number of nitrogens with one attached hydrogen (secondary N) is 3. The summed E-state index contributed by atoms with van der Waals surface area (Å²) in [6.45, 7) is -1.06. The molecule has 232 valence electrons. The predicted octanol–water partition coefficient (Wildman–Crippen LogP) is 7.79. The molecule has 44 heavy (non-hydrogen) atoms. The van der Waals surface area contributed by atoms with Gasteiger partial charge in [0.2, 0.25) is 5.91 Å². The number of thioether (sulfide) groups is 1. The number of unbranched alkanes of at least 4 members (excludes halogenated alkanes) is 2. The minimum Gasteiger partial charge on any atom is -0.373 e. The second-order valence-corrected chi connectivity index (χ2v) is 12.5. The third-order valence-electron chi connectivity index (χ3n) is 7.70. The zero-order valence-corrected chi connectivity index (χ0v) is 25.9. The molecule has 6 nitrogen and oxygen atoms in total. The molecule has 4 aromatic rings. The summed E-state index contributed by atoms with van der Waals surface area (Å²) in [4.78, 5) is 21.1. The van der Waals surface area contributed by atoms with Crippen molar-refractivity contribution < 1.29 is 23.1 Å². The van der Waals surface area contributed by atoms with Gasteiger partial charge in [-0.15, -0.1) is 0 Å². The molecule has 0 saturated carbocycles. The number of carbonyl (C=O) groups is 1. The van der Waals surface area contributed by atoms with Gasteiger partial charge in [-0.25, -0.2) is 4.98 Å². The third-order valence-corrected chi connectivity index (χ3v) is 9.27. The molecule has 0 radical (unpaired) electrons. The summed E-state index contributed by atoms with van der Waals surface area (Å²) in [6.07, 6.45) is -1.33. The minimum atomic E-state index is -4.51. The van der Waals surface area contributed by atoms with Gasteiger partial charge in [0.1, 0.15) is 18.2 Å². The maximum Gasteiger partial charge on any atom is 0.405 e. The molecule has 4 N–H and O–H groups in total. The van der Waals surface area contributed by atoms with Crippen molar-refractivity contribution in [3.8, 4) is 11.1 Å². The lowest BCUT2D eigenvalue weighted by molar-refractivity contribution is -0.141. The van der Waals surface area contributed by atoms with Crippen LogP contribution in [0.25, 0.3) is 11.1 Å². The first kappa shape index (κ1) is 32.4. The molecular weight excluding hydrogens is 632 g/mol. The highest BCUT2D eigenvalue weighted by atomic mass is 35.5. The average molecular weight is 664 g/mol. The minimum absolute atomic E-state index is 0.312. The van der Waals surface area contributed by atoms with E-state index in [1.807, 2.05) is 48.5 Å². The monoisotopic (exact) mass is 662 g/mol. The van der Waals surface area contributed by atoms with Gasteiger partial charge in [-0.1, -0.05) is 96.3 Å². The van der Waals surface area contributed by atoms with E-state index in [0.29, 0.717) is 40.3 Å². The average Bonchev–Trinajstić information content (AvgIpc) is 3.59. The summed E-state index contributed by atoms with van der Waals surface area (Å²) in [5.74, 6) is 0.101. The molecule has 0 fully saturated rings. The van der Waals surface area contributed by atoms with Crippen LogP contribution in [-0.2, 0) is 16.8 Å². The van der Waals surface area contributed by atoms with Gasteiger partial charge in [-0.2, -0.15) is 13.2 Å². The highest BCUT2D eigenvalue weighted by molar-refractivity contribution is 7.99. The Morgan fingerprint density at radius 1 is 1.00 bits per heavy atom. The Kier molecular flexibility index (Phi) is 10.3. The highest BCUT2D eigenvalue weighted by Gasteiger charge is 2.49. The second kappa shape index (κ2) is 14.0. The van der Waals surface area contributed by atoms with E-state index in [0.717, 1.165) is 46.4 Å². The first-order chi connectivity index (χ1) is 21.1. The number of nitrogens with zero attached hydrogens (tertiary/aromatic N) is 1. The van der Waals surface area contributed by atoms with Crippen molar-refractivity contribution in [1.29, 1.82) is 0 Å². The molecule has 0 saturated heterocycles. The third kappa shape index (κ3) is 7.26. The van der Waals surface area contributed by atoms with Crippen LogP contribution in [-0.4, -0.2) is 39.5 Å². The number of benzene rings is 3. The zero-order chi connectivity index (χ0) is 31.3. The molecule has 1 unspecified atom stereocenters. The number of aliphatic hydroxyl groups is 1. The van der Waals surface area contributed by atoms with Crippen molar-refractivity contribution in [3.05, 3.63) is 105 Å². The SMILES string of the molecule is O=C(NCC(F)(F)F)C1(CCCCCSc2ncc(C(O)NCc3cc(Cl)ccc3Cl)[nH]2)c2ccccc2-c2ccccc21. The van der Waals surface area contributed by atoms with Crippen LogP contribution >= 0.6 is 35.0 Å². The number of H-pyrrole nitrogens is 1. The maximum atomic E-state index is 13.6. The van der Waals surface area contributed by atoms with Crippen LogP contribution in [0.1, 0.15) is 54.3 Å². The lowest BCUT2D eigenvalue weighted by Crippen LogP contribution is -2.47. The molecule has 1 amide bonds. The lowest BCUT2D eigenvalue weighted by atomic mass is 9.73. The van der Waals surface area contributed by atoms with Crippen LogP contribution in [0, 0.1) is 0 Å². The molecule has 0 bridgehead atoms. The summed E-state index contributed by atoms with van der Waals surface area (Å²) >= 11 is 13.7. The standard InChI is InChI=1S/C32H31Cl2F3N4O2S/c33-21-12-13-26(34)20(16-21)17-38-28(42)27-18-39-30(41-27)44-15-7-1-6-14-31(29(43)40-19-32(35,36)37)24-10-4-2-8-22(24)23-9-3-5-11-25(23)31/h2-5,8-13,16,18,28,38,42H,1,6-7,14-15,17,19H2,(H,39,41)(H,40,43). The number of hydrogen-bond acceptors (Lipinski definition) is 5. The summed E-state index contributed by atoms with van der Waals surface area (Å²) < 4.78 is 39.2. The number of aromatic amines is 1. The van der Waals surface area contributed by atoms with E-state index in [9.17, 15) is 23.1 Å². The number of aromatic nitrogens is 2. The summed E-state index contributed by atoms with van der Waals surface area (Å²) in [6, 6.07) is 20.1. The van der Waals surface area contributed by atoms with Gasteiger partial charge in [0, 0.05) is 22.3 Å². The van der Waals surface area contributed by atoms with E-state index in [2.05, 4.69) is 20.6 Å². The molecule has 5 rings (SSSR count). The molecule has 12 heteroatoms. The van der Waals surface area contributed by atoms with Crippen LogP contribution in [0.4, 0.5) is 13.2 Å². The maximum absolute atomic E-state index is 13.6. The van der Waals surface area contributed by atoms with E-state index in [4.69, 9.17) is 23.2 Å². The van der Waals surface area contributed by atoms with Gasteiger partial charge in [0.05, 0.1) is 11.9 Å². The van der Waals surface area contributed by atoms with Crippen molar-refractivity contribution >= 4 is 40.9 Å². The highest BCUT2D eigenvalue weighted by Crippen LogP contribution is 2.51. The van der Waals surface area contributed by atoms with Gasteiger partial charge < -0.3 is 15.4 Å². The van der Waals surface area contributed by atoms with E-state index >= 15 is 0 Å². The Labute approximate surface area is 267 Å². The number of fused-ring (bicyclic) bond motifs is 3. The fourth-order valence-electron chi connectivity index (χ4n) is 5.65. The number of aliphatic hydroxyl groups excluding tert-OH is 1. The Morgan fingerprint density at radius 2 is 1.68 bits per heavy atom. The number of carbonyl (C=O) groups excluding carboxylic acids is 1. The number of imidazole rings is 1. The quantitative estimate of drug-likeness (QED) is 0.0667.